The Hall–Kier alpha value is -1.82. The van der Waals surface area contributed by atoms with Crippen LogP contribution in [0.2, 0.25) is 0 Å². The third-order valence-corrected chi connectivity index (χ3v) is 3.07. The van der Waals surface area contributed by atoms with E-state index in [0.29, 0.717) is 6.42 Å². The van der Waals surface area contributed by atoms with Crippen LogP contribution in [0.3, 0.4) is 0 Å². The van der Waals surface area contributed by atoms with Crippen molar-refractivity contribution in [2.24, 2.45) is 5.92 Å². The third kappa shape index (κ3) is 1.67. The summed E-state index contributed by atoms with van der Waals surface area (Å²) >= 11 is 0. The summed E-state index contributed by atoms with van der Waals surface area (Å²) in [5.41, 5.74) is 1.72. The highest BCUT2D eigenvalue weighted by molar-refractivity contribution is 6.00. The average molecular weight is 215 g/mol. The molecule has 0 spiro atoms. The molecule has 0 saturated carbocycles. The van der Waals surface area contributed by atoms with E-state index in [1.807, 2.05) is 18.2 Å². The van der Waals surface area contributed by atoms with Gasteiger partial charge in [0.05, 0.1) is 13.2 Å². The molecule has 0 aromatic heterocycles. The lowest BCUT2D eigenvalue weighted by Gasteiger charge is -2.22. The fourth-order valence-corrected chi connectivity index (χ4v) is 2.22. The van der Waals surface area contributed by atoms with Crippen molar-refractivity contribution in [3.63, 3.8) is 0 Å². The van der Waals surface area contributed by atoms with Crippen molar-refractivity contribution in [3.05, 3.63) is 29.3 Å². The van der Waals surface area contributed by atoms with Crippen LogP contribution in [-0.4, -0.2) is 12.9 Å². The van der Waals surface area contributed by atoms with Crippen LogP contribution in [-0.2, 0) is 6.42 Å². The number of hydrogen-bond acceptors (Lipinski definition) is 3. The number of ether oxygens (including phenoxy) is 1. The minimum absolute atomic E-state index is 0.0849. The Labute approximate surface area is 94.6 Å². The number of hydrogen-bond donors (Lipinski definition) is 0. The first kappa shape index (κ1) is 10.7. The number of methoxy groups -OCH3 is 1. The molecule has 2 rings (SSSR count). The molecular formula is C13H13NO2. The second-order valence-corrected chi connectivity index (χ2v) is 3.95. The highest BCUT2D eigenvalue weighted by atomic mass is 16.5. The Morgan fingerprint density at radius 2 is 2.38 bits per heavy atom. The average Bonchev–Trinajstić information content (AvgIpc) is 2.32. The molecular weight excluding hydrogens is 202 g/mol. The van der Waals surface area contributed by atoms with Crippen molar-refractivity contribution < 1.29 is 9.53 Å². The van der Waals surface area contributed by atoms with Crippen LogP contribution in [0.15, 0.2) is 18.2 Å². The highest BCUT2D eigenvalue weighted by Crippen LogP contribution is 2.32. The van der Waals surface area contributed by atoms with Gasteiger partial charge in [-0.2, -0.15) is 5.26 Å². The zero-order valence-electron chi connectivity index (χ0n) is 9.19. The molecule has 1 aromatic carbocycles. The minimum Gasteiger partial charge on any atom is -0.496 e. The predicted octanol–water partition coefficient (Wildman–Crippen LogP) is 2.35. The van der Waals surface area contributed by atoms with Gasteiger partial charge in [-0.15, -0.1) is 0 Å². The maximum atomic E-state index is 12.1. The number of fused-ring (bicyclic) bond motifs is 1. The molecule has 1 aliphatic rings. The van der Waals surface area contributed by atoms with E-state index in [2.05, 4.69) is 6.07 Å². The van der Waals surface area contributed by atoms with E-state index in [-0.39, 0.29) is 11.7 Å². The Morgan fingerprint density at radius 3 is 3.06 bits per heavy atom. The fraction of sp³-hybridized carbons (Fsp3) is 0.385. The van der Waals surface area contributed by atoms with Crippen LogP contribution < -0.4 is 4.74 Å². The molecule has 0 aliphatic heterocycles. The molecule has 1 aromatic rings. The van der Waals surface area contributed by atoms with Gasteiger partial charge in [0.2, 0.25) is 0 Å². The van der Waals surface area contributed by atoms with Crippen molar-refractivity contribution in [2.45, 2.75) is 19.3 Å². The van der Waals surface area contributed by atoms with E-state index >= 15 is 0 Å². The first-order valence-corrected chi connectivity index (χ1v) is 5.35. The van der Waals surface area contributed by atoms with Crippen LogP contribution in [0.25, 0.3) is 0 Å². The first-order valence-electron chi connectivity index (χ1n) is 5.35. The number of rotatable bonds is 2. The summed E-state index contributed by atoms with van der Waals surface area (Å²) in [6.07, 6.45) is 1.88. The number of carbonyl (C=O) groups excluding carboxylic acids is 1. The normalized spacial score (nSPS) is 18.8. The Balaban J connectivity index is 2.39. The van der Waals surface area contributed by atoms with E-state index in [4.69, 9.17) is 10.00 Å². The first-order chi connectivity index (χ1) is 7.77. The van der Waals surface area contributed by atoms with Crippen molar-refractivity contribution in [3.8, 4) is 11.8 Å². The van der Waals surface area contributed by atoms with Gasteiger partial charge in [-0.25, -0.2) is 0 Å². The Kier molecular flexibility index (Phi) is 2.91. The molecule has 16 heavy (non-hydrogen) atoms. The summed E-state index contributed by atoms with van der Waals surface area (Å²) in [6, 6.07) is 7.59. The van der Waals surface area contributed by atoms with Crippen LogP contribution in [0.5, 0.6) is 5.75 Å². The summed E-state index contributed by atoms with van der Waals surface area (Å²) < 4.78 is 5.24. The molecule has 0 unspecified atom stereocenters. The van der Waals surface area contributed by atoms with E-state index in [1.165, 1.54) is 0 Å². The summed E-state index contributed by atoms with van der Waals surface area (Å²) in [7, 11) is 1.61. The van der Waals surface area contributed by atoms with Gasteiger partial charge in [0.15, 0.2) is 5.78 Å². The maximum Gasteiger partial charge on any atom is 0.167 e. The Bertz CT molecular complexity index is 459. The van der Waals surface area contributed by atoms with Gasteiger partial charge >= 0.3 is 0 Å². The summed E-state index contributed by atoms with van der Waals surface area (Å²) in [5.74, 6) is 0.729. The smallest absolute Gasteiger partial charge is 0.167 e. The summed E-state index contributed by atoms with van der Waals surface area (Å²) in [5, 5.41) is 8.66. The van der Waals surface area contributed by atoms with Crippen molar-refractivity contribution in [2.75, 3.05) is 7.11 Å². The fourth-order valence-electron chi connectivity index (χ4n) is 2.22. The zero-order chi connectivity index (χ0) is 11.5. The highest BCUT2D eigenvalue weighted by Gasteiger charge is 2.28. The molecule has 0 radical (unpaired) electrons. The van der Waals surface area contributed by atoms with Crippen LogP contribution in [0.4, 0.5) is 0 Å². The van der Waals surface area contributed by atoms with E-state index in [9.17, 15) is 4.79 Å². The van der Waals surface area contributed by atoms with Gasteiger partial charge in [0.1, 0.15) is 5.75 Å². The molecule has 0 amide bonds. The van der Waals surface area contributed by atoms with Crippen molar-refractivity contribution >= 4 is 5.78 Å². The number of Topliss-reactive ketones (excluding diaryl/α,β-unsaturated/α-hetero) is 1. The molecule has 1 aliphatic carbocycles. The van der Waals surface area contributed by atoms with Crippen LogP contribution in [0.1, 0.15) is 28.8 Å². The number of nitriles is 1. The predicted molar refractivity (Wildman–Crippen MR) is 59.4 cm³/mol. The summed E-state index contributed by atoms with van der Waals surface area (Å²) in [4.78, 5) is 12.1. The lowest BCUT2D eigenvalue weighted by atomic mass is 9.81. The molecule has 3 nitrogen and oxygen atoms in total. The molecule has 1 atom stereocenters. The second-order valence-electron chi connectivity index (χ2n) is 3.95. The van der Waals surface area contributed by atoms with Crippen molar-refractivity contribution in [1.82, 2.24) is 0 Å². The van der Waals surface area contributed by atoms with E-state index in [0.717, 1.165) is 29.7 Å². The second kappa shape index (κ2) is 4.36. The topological polar surface area (TPSA) is 50.1 Å². The summed E-state index contributed by atoms with van der Waals surface area (Å²) in [6.45, 7) is 0. The number of ketones is 1. The van der Waals surface area contributed by atoms with E-state index < -0.39 is 0 Å². The SMILES string of the molecule is COc1cccc2c1CC[C@@H](CC#N)C2=O. The van der Waals surface area contributed by atoms with E-state index in [1.54, 1.807) is 7.11 Å². The molecule has 0 N–H and O–H groups in total. The largest absolute Gasteiger partial charge is 0.496 e. The Morgan fingerprint density at radius 1 is 1.56 bits per heavy atom. The minimum atomic E-state index is -0.135. The monoisotopic (exact) mass is 215 g/mol. The lowest BCUT2D eigenvalue weighted by molar-refractivity contribution is 0.0903. The van der Waals surface area contributed by atoms with Gasteiger partial charge in [0.25, 0.3) is 0 Å². The maximum absolute atomic E-state index is 12.1. The van der Waals surface area contributed by atoms with Gasteiger partial charge in [-0.05, 0) is 18.9 Å². The molecule has 82 valence electrons. The zero-order valence-corrected chi connectivity index (χ0v) is 9.19. The van der Waals surface area contributed by atoms with Crippen molar-refractivity contribution in [1.29, 1.82) is 5.26 Å². The lowest BCUT2D eigenvalue weighted by Crippen LogP contribution is -2.22. The number of nitrogens with zero attached hydrogens (tertiary/aromatic N) is 1. The van der Waals surface area contributed by atoms with Gasteiger partial charge in [0, 0.05) is 23.5 Å². The number of carbonyl (C=O) groups is 1. The number of benzene rings is 1. The van der Waals surface area contributed by atoms with Crippen LogP contribution >= 0.6 is 0 Å². The molecule has 3 heteroatoms. The standard InChI is InChI=1S/C13H13NO2/c1-16-12-4-2-3-11-10(12)6-5-9(7-8-14)13(11)15/h2-4,9H,5-7H2,1H3/t9-/m0/s1. The molecule has 0 heterocycles. The van der Waals surface area contributed by atoms with Gasteiger partial charge in [-0.3, -0.25) is 4.79 Å². The van der Waals surface area contributed by atoms with Gasteiger partial charge in [-0.1, -0.05) is 12.1 Å². The quantitative estimate of drug-likeness (QED) is 0.760. The third-order valence-electron chi connectivity index (χ3n) is 3.07. The van der Waals surface area contributed by atoms with Crippen LogP contribution in [0, 0.1) is 17.2 Å². The molecule has 0 saturated heterocycles. The molecule has 0 bridgehead atoms. The van der Waals surface area contributed by atoms with Gasteiger partial charge < -0.3 is 4.74 Å². The molecule has 0 fully saturated rings.